The number of hydrogen-bond acceptors (Lipinski definition) is 3. The van der Waals surface area contributed by atoms with Gasteiger partial charge in [-0.3, -0.25) is 0 Å². The second-order valence-corrected chi connectivity index (χ2v) is 6.25. The fourth-order valence-corrected chi connectivity index (χ4v) is 3.46. The Hall–Kier alpha value is -0.590. The average Bonchev–Trinajstić information content (AvgIpc) is 2.46. The van der Waals surface area contributed by atoms with E-state index in [1.807, 2.05) is 24.3 Å². The molecular weight excluding hydrogens is 454 g/mol. The van der Waals surface area contributed by atoms with Gasteiger partial charge in [0.15, 0.2) is 0 Å². The molecular formula is C14H12Br3NO2. The topological polar surface area (TPSA) is 31.4 Å². The normalized spacial score (nSPS) is 10.4. The van der Waals surface area contributed by atoms with Crippen molar-refractivity contribution < 1.29 is 9.47 Å². The summed E-state index contributed by atoms with van der Waals surface area (Å²) in [5, 5.41) is 0.794. The molecule has 0 aliphatic heterocycles. The number of halogens is 3. The smallest absolute Gasteiger partial charge is 0.213 e. The summed E-state index contributed by atoms with van der Waals surface area (Å²) in [5.74, 6) is 1.35. The second-order valence-electron chi connectivity index (χ2n) is 3.98. The Kier molecular flexibility index (Phi) is 5.86. The van der Waals surface area contributed by atoms with Gasteiger partial charge in [-0.1, -0.05) is 22.0 Å². The monoisotopic (exact) mass is 463 g/mol. The number of alkyl halides is 1. The predicted octanol–water partition coefficient (Wildman–Crippen LogP) is 5.09. The van der Waals surface area contributed by atoms with Crippen LogP contribution >= 0.6 is 47.8 Å². The molecule has 0 radical (unpaired) electrons. The number of benzene rings is 1. The zero-order valence-corrected chi connectivity index (χ0v) is 15.5. The van der Waals surface area contributed by atoms with E-state index in [1.165, 1.54) is 0 Å². The highest BCUT2D eigenvalue weighted by Gasteiger charge is 2.09. The summed E-state index contributed by atoms with van der Waals surface area (Å²) >= 11 is 10.5. The van der Waals surface area contributed by atoms with Crippen molar-refractivity contribution in [3.63, 3.8) is 0 Å². The Morgan fingerprint density at radius 3 is 2.45 bits per heavy atom. The van der Waals surface area contributed by atoms with Crippen LogP contribution in [0.5, 0.6) is 11.6 Å². The summed E-state index contributed by atoms with van der Waals surface area (Å²) in [4.78, 5) is 4.31. The largest absolute Gasteiger partial charge is 0.485 e. The van der Waals surface area contributed by atoms with Crippen LogP contribution in [0.4, 0.5) is 0 Å². The number of aromatic nitrogens is 1. The lowest BCUT2D eigenvalue weighted by Crippen LogP contribution is -2.00. The van der Waals surface area contributed by atoms with Crippen molar-refractivity contribution in [2.24, 2.45) is 0 Å². The van der Waals surface area contributed by atoms with Crippen molar-refractivity contribution in [1.29, 1.82) is 0 Å². The first-order chi connectivity index (χ1) is 9.63. The first-order valence-corrected chi connectivity index (χ1v) is 8.51. The molecule has 0 saturated heterocycles. The van der Waals surface area contributed by atoms with Crippen LogP contribution in [0.25, 0.3) is 0 Å². The molecule has 0 spiro atoms. The Bertz CT molecular complexity index is 582. The van der Waals surface area contributed by atoms with Crippen molar-refractivity contribution in [3.05, 3.63) is 50.5 Å². The predicted molar refractivity (Wildman–Crippen MR) is 89.6 cm³/mol. The van der Waals surface area contributed by atoms with E-state index in [-0.39, 0.29) is 0 Å². The average molecular weight is 466 g/mol. The van der Waals surface area contributed by atoms with Crippen molar-refractivity contribution in [1.82, 2.24) is 4.98 Å². The highest BCUT2D eigenvalue weighted by Crippen LogP contribution is 2.35. The van der Waals surface area contributed by atoms with E-state index in [4.69, 9.17) is 9.47 Å². The van der Waals surface area contributed by atoms with Gasteiger partial charge < -0.3 is 9.47 Å². The zero-order valence-electron chi connectivity index (χ0n) is 10.7. The van der Waals surface area contributed by atoms with Crippen molar-refractivity contribution in [2.45, 2.75) is 11.9 Å². The number of nitrogens with zero attached hydrogens (tertiary/aromatic N) is 1. The number of pyridine rings is 1. The van der Waals surface area contributed by atoms with Crippen molar-refractivity contribution >= 4 is 47.8 Å². The molecule has 0 bridgehead atoms. The maximum Gasteiger partial charge on any atom is 0.213 e. The van der Waals surface area contributed by atoms with Gasteiger partial charge in [0.05, 0.1) is 21.7 Å². The molecule has 2 aromatic rings. The van der Waals surface area contributed by atoms with Gasteiger partial charge in [-0.2, -0.15) is 0 Å². The van der Waals surface area contributed by atoms with Crippen LogP contribution in [0.2, 0.25) is 0 Å². The van der Waals surface area contributed by atoms with Gasteiger partial charge in [-0.25, -0.2) is 4.98 Å². The molecule has 0 N–H and O–H groups in total. The minimum atomic E-state index is 0.377. The Balaban J connectivity index is 2.14. The first kappa shape index (κ1) is 15.8. The van der Waals surface area contributed by atoms with Crippen molar-refractivity contribution in [3.8, 4) is 11.6 Å². The third-order valence-electron chi connectivity index (χ3n) is 2.57. The van der Waals surface area contributed by atoms with Gasteiger partial charge in [0, 0.05) is 11.4 Å². The third-order valence-corrected chi connectivity index (χ3v) is 4.39. The summed E-state index contributed by atoms with van der Waals surface area (Å²) in [6.07, 6.45) is 0. The van der Waals surface area contributed by atoms with Gasteiger partial charge in [0.1, 0.15) is 12.4 Å². The van der Waals surface area contributed by atoms with Crippen LogP contribution in [0, 0.1) is 0 Å². The molecule has 1 aromatic heterocycles. The standard InChI is InChI=1S/C14H12Br3NO2/c1-19-13-4-2-3-10(18-13)8-20-14-11(16)5-9(7-15)6-12(14)17/h2-6H,7-8H2,1H3. The van der Waals surface area contributed by atoms with E-state index in [1.54, 1.807) is 13.2 Å². The minimum absolute atomic E-state index is 0.377. The second kappa shape index (κ2) is 7.43. The zero-order chi connectivity index (χ0) is 14.5. The molecule has 0 aliphatic rings. The lowest BCUT2D eigenvalue weighted by Gasteiger charge is -2.11. The summed E-state index contributed by atoms with van der Waals surface area (Å²) in [5.41, 5.74) is 1.98. The van der Waals surface area contributed by atoms with Gasteiger partial charge in [-0.05, 0) is 55.6 Å². The van der Waals surface area contributed by atoms with E-state index >= 15 is 0 Å². The molecule has 6 heteroatoms. The van der Waals surface area contributed by atoms with Gasteiger partial charge in [-0.15, -0.1) is 0 Å². The maximum atomic E-state index is 5.83. The molecule has 0 saturated carbocycles. The van der Waals surface area contributed by atoms with Crippen LogP contribution in [-0.2, 0) is 11.9 Å². The lowest BCUT2D eigenvalue weighted by molar-refractivity contribution is 0.294. The quantitative estimate of drug-likeness (QED) is 0.576. The first-order valence-electron chi connectivity index (χ1n) is 5.80. The molecule has 0 fully saturated rings. The van der Waals surface area contributed by atoms with Crippen LogP contribution in [-0.4, -0.2) is 12.1 Å². The third kappa shape index (κ3) is 3.96. The number of hydrogen-bond donors (Lipinski definition) is 0. The maximum absolute atomic E-state index is 5.83. The number of methoxy groups -OCH3 is 1. The van der Waals surface area contributed by atoms with Crippen LogP contribution in [0.15, 0.2) is 39.3 Å². The Morgan fingerprint density at radius 1 is 1.15 bits per heavy atom. The number of rotatable bonds is 5. The molecule has 0 unspecified atom stereocenters. The molecule has 0 amide bonds. The van der Waals surface area contributed by atoms with Crippen molar-refractivity contribution in [2.75, 3.05) is 7.11 Å². The Morgan fingerprint density at radius 2 is 1.85 bits per heavy atom. The molecule has 1 heterocycles. The summed E-state index contributed by atoms with van der Waals surface area (Å²) in [6, 6.07) is 9.64. The Labute approximate surface area is 143 Å². The number of ether oxygens (including phenoxy) is 2. The lowest BCUT2D eigenvalue weighted by atomic mass is 10.2. The summed E-state index contributed by atoms with van der Waals surface area (Å²) < 4.78 is 12.7. The fraction of sp³-hybridized carbons (Fsp3) is 0.214. The molecule has 106 valence electrons. The van der Waals surface area contributed by atoms with E-state index in [0.717, 1.165) is 31.3 Å². The SMILES string of the molecule is COc1cccc(COc2c(Br)cc(CBr)cc2Br)n1. The molecule has 0 atom stereocenters. The van der Waals surface area contributed by atoms with E-state index < -0.39 is 0 Å². The van der Waals surface area contributed by atoms with Gasteiger partial charge in [0.2, 0.25) is 5.88 Å². The summed E-state index contributed by atoms with van der Waals surface area (Å²) in [7, 11) is 1.60. The van der Waals surface area contributed by atoms with Crippen LogP contribution in [0.1, 0.15) is 11.3 Å². The minimum Gasteiger partial charge on any atom is -0.485 e. The fourth-order valence-electron chi connectivity index (χ4n) is 1.63. The van der Waals surface area contributed by atoms with E-state index in [2.05, 4.69) is 52.8 Å². The van der Waals surface area contributed by atoms with Crippen LogP contribution in [0.3, 0.4) is 0 Å². The molecule has 3 nitrogen and oxygen atoms in total. The highest BCUT2D eigenvalue weighted by molar-refractivity contribution is 9.11. The van der Waals surface area contributed by atoms with Gasteiger partial charge >= 0.3 is 0 Å². The molecule has 20 heavy (non-hydrogen) atoms. The van der Waals surface area contributed by atoms with E-state index in [0.29, 0.717) is 12.5 Å². The van der Waals surface area contributed by atoms with E-state index in [9.17, 15) is 0 Å². The van der Waals surface area contributed by atoms with Crippen LogP contribution < -0.4 is 9.47 Å². The molecule has 2 rings (SSSR count). The highest BCUT2D eigenvalue weighted by atomic mass is 79.9. The van der Waals surface area contributed by atoms with Gasteiger partial charge in [0.25, 0.3) is 0 Å². The molecule has 0 aliphatic carbocycles. The molecule has 1 aromatic carbocycles. The summed E-state index contributed by atoms with van der Waals surface area (Å²) in [6.45, 7) is 0.377.